The number of benzene rings is 1. The molecule has 8 nitrogen and oxygen atoms in total. The van der Waals surface area contributed by atoms with E-state index < -0.39 is 6.10 Å². The lowest BCUT2D eigenvalue weighted by molar-refractivity contribution is -0.118. The molecule has 0 aliphatic rings. The molecule has 148 valence electrons. The number of ether oxygens (including phenoxy) is 3. The Morgan fingerprint density at radius 2 is 2.00 bits per heavy atom. The molecular weight excluding hydrogens is 352 g/mol. The molecule has 0 aliphatic heterocycles. The fourth-order valence-corrected chi connectivity index (χ4v) is 2.43. The van der Waals surface area contributed by atoms with Crippen molar-refractivity contribution in [2.24, 2.45) is 0 Å². The van der Waals surface area contributed by atoms with Gasteiger partial charge in [0.2, 0.25) is 5.56 Å². The highest BCUT2D eigenvalue weighted by molar-refractivity contribution is 5.90. The van der Waals surface area contributed by atoms with E-state index in [4.69, 9.17) is 14.2 Å². The number of carbonyl (C=O) groups excluding carboxylic acids is 1. The summed E-state index contributed by atoms with van der Waals surface area (Å²) in [6.07, 6.45) is -0.696. The van der Waals surface area contributed by atoms with Gasteiger partial charge in [-0.25, -0.2) is 0 Å². The Kier molecular flexibility index (Phi) is 8.25. The molecule has 1 heterocycles. The van der Waals surface area contributed by atoms with Crippen LogP contribution in [0, 0.1) is 0 Å². The van der Waals surface area contributed by atoms with Crippen molar-refractivity contribution in [3.05, 3.63) is 34.6 Å². The summed E-state index contributed by atoms with van der Waals surface area (Å²) in [5, 5.41) is 13.7. The molecule has 0 amide bonds. The molecule has 0 saturated heterocycles. The first kappa shape index (κ1) is 20.9. The lowest BCUT2D eigenvalue weighted by Gasteiger charge is -2.16. The molecular formula is C19H26N2O6. The third-order valence-electron chi connectivity index (χ3n) is 3.69. The third-order valence-corrected chi connectivity index (χ3v) is 3.69. The maximum absolute atomic E-state index is 11.7. The molecule has 0 fully saturated rings. The number of pyridine rings is 1. The van der Waals surface area contributed by atoms with E-state index in [1.807, 2.05) is 6.92 Å². The number of nitrogens with one attached hydrogen (secondary N) is 2. The molecule has 1 aromatic carbocycles. The normalized spacial score (nSPS) is 12.1. The second-order valence-electron chi connectivity index (χ2n) is 6.03. The summed E-state index contributed by atoms with van der Waals surface area (Å²) in [4.78, 5) is 25.5. The van der Waals surface area contributed by atoms with Gasteiger partial charge in [0.25, 0.3) is 0 Å². The van der Waals surface area contributed by atoms with E-state index in [-0.39, 0.29) is 24.6 Å². The number of hydrogen-bond donors (Lipinski definition) is 3. The fraction of sp³-hybridized carbons (Fsp3) is 0.474. The predicted octanol–water partition coefficient (Wildman–Crippen LogP) is 0.862. The zero-order valence-electron chi connectivity index (χ0n) is 15.6. The highest BCUT2D eigenvalue weighted by Crippen LogP contribution is 2.31. The first-order valence-corrected chi connectivity index (χ1v) is 8.89. The second-order valence-corrected chi connectivity index (χ2v) is 6.03. The summed E-state index contributed by atoms with van der Waals surface area (Å²) < 4.78 is 16.4. The maximum Gasteiger partial charge on any atom is 0.248 e. The molecule has 0 radical (unpaired) electrons. The molecule has 8 heteroatoms. The van der Waals surface area contributed by atoms with E-state index in [0.29, 0.717) is 48.7 Å². The lowest BCUT2D eigenvalue weighted by atomic mass is 10.2. The van der Waals surface area contributed by atoms with Gasteiger partial charge >= 0.3 is 0 Å². The van der Waals surface area contributed by atoms with E-state index >= 15 is 0 Å². The van der Waals surface area contributed by atoms with Crippen LogP contribution in [0.4, 0.5) is 0 Å². The number of aromatic nitrogens is 1. The number of aliphatic hydroxyl groups is 1. The molecule has 0 bridgehead atoms. The van der Waals surface area contributed by atoms with Crippen LogP contribution >= 0.6 is 0 Å². The van der Waals surface area contributed by atoms with Gasteiger partial charge in [0.05, 0.1) is 12.1 Å². The number of carbonyl (C=O) groups is 1. The van der Waals surface area contributed by atoms with Crippen molar-refractivity contribution in [3.63, 3.8) is 0 Å². The Labute approximate surface area is 157 Å². The van der Waals surface area contributed by atoms with Gasteiger partial charge in [0.1, 0.15) is 30.8 Å². The Hall–Kier alpha value is -2.42. The van der Waals surface area contributed by atoms with Crippen molar-refractivity contribution < 1.29 is 24.1 Å². The highest BCUT2D eigenvalue weighted by atomic mass is 16.5. The van der Waals surface area contributed by atoms with Crippen molar-refractivity contribution in [1.29, 1.82) is 0 Å². The van der Waals surface area contributed by atoms with Gasteiger partial charge in [-0.1, -0.05) is 0 Å². The highest BCUT2D eigenvalue weighted by Gasteiger charge is 2.12. The van der Waals surface area contributed by atoms with Crippen molar-refractivity contribution >= 4 is 16.7 Å². The second kappa shape index (κ2) is 10.7. The van der Waals surface area contributed by atoms with Crippen LogP contribution in [0.25, 0.3) is 10.9 Å². The van der Waals surface area contributed by atoms with Gasteiger partial charge in [0.15, 0.2) is 5.78 Å². The first-order chi connectivity index (χ1) is 13.0. The van der Waals surface area contributed by atoms with Crippen molar-refractivity contribution in [2.75, 3.05) is 39.5 Å². The largest absolute Gasteiger partial charge is 0.490 e. The predicted molar refractivity (Wildman–Crippen MR) is 102 cm³/mol. The van der Waals surface area contributed by atoms with Crippen LogP contribution in [0.3, 0.4) is 0 Å². The summed E-state index contributed by atoms with van der Waals surface area (Å²) >= 11 is 0. The van der Waals surface area contributed by atoms with E-state index in [1.165, 1.54) is 13.0 Å². The Morgan fingerprint density at radius 3 is 2.74 bits per heavy atom. The number of fused-ring (bicyclic) bond motifs is 1. The molecule has 0 spiro atoms. The molecule has 2 aromatic rings. The number of hydrogen-bond acceptors (Lipinski definition) is 7. The van der Waals surface area contributed by atoms with E-state index in [9.17, 15) is 14.7 Å². The number of Topliss-reactive ketones (excluding diaryl/α,β-unsaturated/α-hetero) is 1. The molecule has 0 saturated carbocycles. The SMILES string of the molecule is CCOCCNCC(O)COc1ccc(OCC(C)=O)c2[nH]c(=O)ccc12. The number of aromatic amines is 1. The van der Waals surface area contributed by atoms with Crippen LogP contribution in [-0.4, -0.2) is 61.5 Å². The number of ketones is 1. The van der Waals surface area contributed by atoms with Gasteiger partial charge in [-0.3, -0.25) is 9.59 Å². The smallest absolute Gasteiger partial charge is 0.248 e. The first-order valence-electron chi connectivity index (χ1n) is 8.89. The Morgan fingerprint density at radius 1 is 1.22 bits per heavy atom. The lowest BCUT2D eigenvalue weighted by Crippen LogP contribution is -2.33. The van der Waals surface area contributed by atoms with Crippen LogP contribution in [0.2, 0.25) is 0 Å². The van der Waals surface area contributed by atoms with Gasteiger partial charge in [-0.2, -0.15) is 0 Å². The van der Waals surface area contributed by atoms with Crippen LogP contribution in [-0.2, 0) is 9.53 Å². The quantitative estimate of drug-likeness (QED) is 0.470. The molecule has 1 atom stereocenters. The molecule has 0 aliphatic carbocycles. The fourth-order valence-electron chi connectivity index (χ4n) is 2.43. The minimum atomic E-state index is -0.696. The zero-order valence-corrected chi connectivity index (χ0v) is 15.6. The number of H-pyrrole nitrogens is 1. The molecule has 2 rings (SSSR count). The average molecular weight is 378 g/mol. The minimum absolute atomic E-state index is 0.0850. The summed E-state index contributed by atoms with van der Waals surface area (Å²) in [5.41, 5.74) is 0.163. The monoisotopic (exact) mass is 378 g/mol. The van der Waals surface area contributed by atoms with Gasteiger partial charge in [0, 0.05) is 31.1 Å². The Balaban J connectivity index is 2.02. The van der Waals surface area contributed by atoms with Gasteiger partial charge < -0.3 is 29.6 Å². The molecule has 27 heavy (non-hydrogen) atoms. The Bertz CT molecular complexity index is 804. The van der Waals surface area contributed by atoms with E-state index in [2.05, 4.69) is 10.3 Å². The van der Waals surface area contributed by atoms with Crippen molar-refractivity contribution in [1.82, 2.24) is 10.3 Å². The third kappa shape index (κ3) is 6.67. The average Bonchev–Trinajstić information content (AvgIpc) is 2.64. The summed E-state index contributed by atoms with van der Waals surface area (Å²) in [7, 11) is 0. The summed E-state index contributed by atoms with van der Waals surface area (Å²) in [5.74, 6) is 0.773. The molecule has 1 aromatic heterocycles. The van der Waals surface area contributed by atoms with Crippen LogP contribution in [0.1, 0.15) is 13.8 Å². The van der Waals surface area contributed by atoms with E-state index in [0.717, 1.165) is 0 Å². The topological polar surface area (TPSA) is 110 Å². The number of aliphatic hydroxyl groups excluding tert-OH is 1. The van der Waals surface area contributed by atoms with Gasteiger partial charge in [-0.15, -0.1) is 0 Å². The van der Waals surface area contributed by atoms with Gasteiger partial charge in [-0.05, 0) is 32.0 Å². The van der Waals surface area contributed by atoms with Crippen LogP contribution in [0.15, 0.2) is 29.1 Å². The van der Waals surface area contributed by atoms with Crippen molar-refractivity contribution in [3.8, 4) is 11.5 Å². The van der Waals surface area contributed by atoms with Crippen molar-refractivity contribution in [2.45, 2.75) is 20.0 Å². The van der Waals surface area contributed by atoms with Crippen LogP contribution in [0.5, 0.6) is 11.5 Å². The summed E-state index contributed by atoms with van der Waals surface area (Å²) in [6.45, 7) is 5.63. The van der Waals surface area contributed by atoms with E-state index in [1.54, 1.807) is 18.2 Å². The standard InChI is InChI=1S/C19H26N2O6/c1-3-25-9-8-20-10-14(23)12-27-16-5-6-17(26-11-13(2)22)19-15(16)4-7-18(24)21-19/h4-7,14,20,23H,3,8-12H2,1-2H3,(H,21,24). The molecule has 1 unspecified atom stereocenters. The maximum atomic E-state index is 11.7. The number of rotatable bonds is 12. The van der Waals surface area contributed by atoms with Crippen LogP contribution < -0.4 is 20.3 Å². The summed E-state index contributed by atoms with van der Waals surface area (Å²) in [6, 6.07) is 6.32. The molecule has 3 N–H and O–H groups in total. The minimum Gasteiger partial charge on any atom is -0.490 e. The zero-order chi connectivity index (χ0) is 19.6.